The van der Waals surface area contributed by atoms with Gasteiger partial charge in [-0.15, -0.1) is 0 Å². The molecule has 0 spiro atoms. The maximum Gasteiger partial charge on any atom is 0.426 e. The lowest BCUT2D eigenvalue weighted by Crippen LogP contribution is -2.47. The van der Waals surface area contributed by atoms with E-state index in [2.05, 4.69) is 5.32 Å². The van der Waals surface area contributed by atoms with Crippen molar-refractivity contribution >= 4 is 23.4 Å². The molecule has 1 saturated heterocycles. The Morgan fingerprint density at radius 1 is 1.19 bits per heavy atom. The predicted molar refractivity (Wildman–Crippen MR) is 117 cm³/mol. The Morgan fingerprint density at radius 3 is 2.50 bits per heavy atom. The number of halogens is 4. The Hall–Kier alpha value is -2.45. The first-order valence-corrected chi connectivity index (χ1v) is 10.8. The van der Waals surface area contributed by atoms with Gasteiger partial charge in [-0.25, -0.2) is 4.79 Å². The fourth-order valence-electron chi connectivity index (χ4n) is 3.83. The van der Waals surface area contributed by atoms with Crippen LogP contribution in [0.2, 0.25) is 5.02 Å². The van der Waals surface area contributed by atoms with Gasteiger partial charge in [0, 0.05) is 23.8 Å². The molecular weight excluding hydrogens is 445 g/mol. The number of benzene rings is 2. The minimum absolute atomic E-state index is 0.230. The van der Waals surface area contributed by atoms with Crippen LogP contribution in [0.3, 0.4) is 0 Å². The van der Waals surface area contributed by atoms with Crippen molar-refractivity contribution in [3.05, 3.63) is 59.1 Å². The van der Waals surface area contributed by atoms with Crippen molar-refractivity contribution in [2.45, 2.75) is 31.5 Å². The highest BCUT2D eigenvalue weighted by Gasteiger charge is 2.44. The van der Waals surface area contributed by atoms with Crippen molar-refractivity contribution in [3.63, 3.8) is 0 Å². The van der Waals surface area contributed by atoms with Crippen molar-refractivity contribution in [1.29, 1.82) is 0 Å². The number of anilines is 1. The number of likely N-dealkylation sites (tertiary alicyclic amines) is 1. The number of carbonyl (C=O) groups is 1. The second kappa shape index (κ2) is 10.9. The number of alkyl halides is 3. The van der Waals surface area contributed by atoms with E-state index in [0.717, 1.165) is 30.6 Å². The van der Waals surface area contributed by atoms with Gasteiger partial charge in [-0.1, -0.05) is 23.7 Å². The average Bonchev–Trinajstić information content (AvgIpc) is 2.75. The molecule has 0 aliphatic carbocycles. The number of rotatable bonds is 7. The van der Waals surface area contributed by atoms with Crippen LogP contribution in [0.25, 0.3) is 0 Å². The Morgan fingerprint density at radius 2 is 1.88 bits per heavy atom. The van der Waals surface area contributed by atoms with Crippen molar-refractivity contribution < 1.29 is 27.4 Å². The third kappa shape index (κ3) is 7.31. The molecule has 1 amide bonds. The number of nitrogens with zero attached hydrogens (tertiary/aromatic N) is 1. The molecule has 2 unspecified atom stereocenters. The predicted octanol–water partition coefficient (Wildman–Crippen LogP) is 5.78. The van der Waals surface area contributed by atoms with E-state index in [-0.39, 0.29) is 5.92 Å². The molecule has 2 atom stereocenters. The number of methoxy groups -OCH3 is 1. The third-order valence-electron chi connectivity index (χ3n) is 5.42. The number of ether oxygens (including phenoxy) is 2. The summed E-state index contributed by atoms with van der Waals surface area (Å²) in [5, 5.41) is 2.76. The fourth-order valence-corrected chi connectivity index (χ4v) is 3.96. The summed E-state index contributed by atoms with van der Waals surface area (Å²) in [6.07, 6.45) is -5.52. The van der Waals surface area contributed by atoms with Crippen molar-refractivity contribution in [1.82, 2.24) is 4.90 Å². The molecule has 2 aromatic rings. The summed E-state index contributed by atoms with van der Waals surface area (Å²) in [5.41, 5.74) is 1.42. The molecule has 2 aromatic carbocycles. The van der Waals surface area contributed by atoms with Crippen LogP contribution < -0.4 is 10.1 Å². The van der Waals surface area contributed by atoms with E-state index in [1.54, 1.807) is 12.0 Å². The lowest BCUT2D eigenvalue weighted by atomic mass is 9.91. The Kier molecular flexibility index (Phi) is 8.26. The maximum atomic E-state index is 13.6. The van der Waals surface area contributed by atoms with E-state index >= 15 is 0 Å². The summed E-state index contributed by atoms with van der Waals surface area (Å²) in [7, 11) is 1.60. The number of amides is 1. The van der Waals surface area contributed by atoms with Crippen LogP contribution in [-0.4, -0.2) is 50.0 Å². The fraction of sp³-hybridized carbons (Fsp3) is 0.435. The Bertz CT molecular complexity index is 876. The molecule has 1 heterocycles. The largest absolute Gasteiger partial charge is 0.497 e. The van der Waals surface area contributed by atoms with Crippen LogP contribution >= 0.6 is 11.6 Å². The molecular formula is C23H26ClF3N2O3. The molecule has 1 aliphatic heterocycles. The second-order valence-electron chi connectivity index (χ2n) is 7.89. The molecule has 5 nitrogen and oxygen atoms in total. The van der Waals surface area contributed by atoms with E-state index < -0.39 is 24.9 Å². The standard InChI is InChI=1S/C23H26ClF3N2O3/c1-31-20-10-4-16(5-11-20)13-17-3-2-12-29(14-17)15-21(23(25,26)27)32-22(30)28-19-8-6-18(24)7-9-19/h4-11,17,21H,2-3,12-15H2,1H3,(H,28,30). The monoisotopic (exact) mass is 470 g/mol. The number of piperidine rings is 1. The van der Waals surface area contributed by atoms with Crippen LogP contribution in [-0.2, 0) is 11.2 Å². The summed E-state index contributed by atoms with van der Waals surface area (Å²) in [4.78, 5) is 13.8. The molecule has 0 saturated carbocycles. The SMILES string of the molecule is COc1ccc(CC2CCCN(CC(OC(=O)Nc3ccc(Cl)cc3)C(F)(F)F)C2)cc1. The average molecular weight is 471 g/mol. The molecule has 9 heteroatoms. The molecule has 1 aliphatic rings. The van der Waals surface area contributed by atoms with E-state index in [1.165, 1.54) is 24.3 Å². The lowest BCUT2D eigenvalue weighted by molar-refractivity contribution is -0.207. The van der Waals surface area contributed by atoms with Gasteiger partial charge >= 0.3 is 12.3 Å². The minimum atomic E-state index is -4.67. The van der Waals surface area contributed by atoms with Crippen LogP contribution in [0.5, 0.6) is 5.75 Å². The van der Waals surface area contributed by atoms with Crippen LogP contribution in [0, 0.1) is 5.92 Å². The Labute approximate surface area is 190 Å². The molecule has 174 valence electrons. The normalized spacial score (nSPS) is 18.1. The van der Waals surface area contributed by atoms with Crippen LogP contribution in [0.1, 0.15) is 18.4 Å². The quantitative estimate of drug-likeness (QED) is 0.557. The van der Waals surface area contributed by atoms with Gasteiger partial charge in [0.25, 0.3) is 0 Å². The highest BCUT2D eigenvalue weighted by atomic mass is 35.5. The minimum Gasteiger partial charge on any atom is -0.497 e. The lowest BCUT2D eigenvalue weighted by Gasteiger charge is -2.35. The molecule has 0 bridgehead atoms. The van der Waals surface area contributed by atoms with Gasteiger partial charge in [0.1, 0.15) is 5.75 Å². The summed E-state index contributed by atoms with van der Waals surface area (Å²) < 4.78 is 50.7. The summed E-state index contributed by atoms with van der Waals surface area (Å²) in [6, 6.07) is 13.7. The van der Waals surface area contributed by atoms with E-state index in [4.69, 9.17) is 21.1 Å². The topological polar surface area (TPSA) is 50.8 Å². The van der Waals surface area contributed by atoms with Gasteiger partial charge in [-0.05, 0) is 73.7 Å². The molecule has 32 heavy (non-hydrogen) atoms. The first-order chi connectivity index (χ1) is 15.2. The first kappa shape index (κ1) is 24.2. The zero-order chi connectivity index (χ0) is 23.1. The van der Waals surface area contributed by atoms with E-state index in [1.807, 2.05) is 24.3 Å². The third-order valence-corrected chi connectivity index (χ3v) is 5.67. The van der Waals surface area contributed by atoms with Crippen molar-refractivity contribution in [3.8, 4) is 5.75 Å². The summed E-state index contributed by atoms with van der Waals surface area (Å²) in [5.74, 6) is 0.995. The van der Waals surface area contributed by atoms with Gasteiger partial charge in [0.2, 0.25) is 6.10 Å². The number of hydrogen-bond donors (Lipinski definition) is 1. The summed E-state index contributed by atoms with van der Waals surface area (Å²) >= 11 is 5.77. The molecule has 0 aromatic heterocycles. The summed E-state index contributed by atoms with van der Waals surface area (Å²) in [6.45, 7) is 0.658. The zero-order valence-corrected chi connectivity index (χ0v) is 18.5. The second-order valence-corrected chi connectivity index (χ2v) is 8.32. The maximum absolute atomic E-state index is 13.6. The smallest absolute Gasteiger partial charge is 0.426 e. The molecule has 1 N–H and O–H groups in total. The van der Waals surface area contributed by atoms with E-state index in [0.29, 0.717) is 23.8 Å². The number of carbonyl (C=O) groups excluding carboxylic acids is 1. The number of hydrogen-bond acceptors (Lipinski definition) is 4. The van der Waals surface area contributed by atoms with Gasteiger partial charge in [0.15, 0.2) is 0 Å². The van der Waals surface area contributed by atoms with E-state index in [9.17, 15) is 18.0 Å². The van der Waals surface area contributed by atoms with Crippen molar-refractivity contribution in [2.75, 3.05) is 32.1 Å². The molecule has 3 rings (SSSR count). The van der Waals surface area contributed by atoms with Crippen LogP contribution in [0.4, 0.5) is 23.7 Å². The Balaban J connectivity index is 1.56. The van der Waals surface area contributed by atoms with Gasteiger partial charge in [0.05, 0.1) is 7.11 Å². The highest BCUT2D eigenvalue weighted by Crippen LogP contribution is 2.28. The first-order valence-electron chi connectivity index (χ1n) is 10.4. The highest BCUT2D eigenvalue weighted by molar-refractivity contribution is 6.30. The molecule has 0 radical (unpaired) electrons. The van der Waals surface area contributed by atoms with Crippen molar-refractivity contribution in [2.24, 2.45) is 5.92 Å². The zero-order valence-electron chi connectivity index (χ0n) is 17.7. The van der Waals surface area contributed by atoms with Gasteiger partial charge in [-0.2, -0.15) is 13.2 Å². The number of nitrogens with one attached hydrogen (secondary N) is 1. The van der Waals surface area contributed by atoms with Crippen LogP contribution in [0.15, 0.2) is 48.5 Å². The van der Waals surface area contributed by atoms with Gasteiger partial charge in [-0.3, -0.25) is 10.2 Å². The van der Waals surface area contributed by atoms with Gasteiger partial charge < -0.3 is 9.47 Å². The molecule has 1 fully saturated rings.